The van der Waals surface area contributed by atoms with Gasteiger partial charge in [0.05, 0.1) is 6.42 Å². The van der Waals surface area contributed by atoms with E-state index in [0.717, 1.165) is 4.90 Å². The van der Waals surface area contributed by atoms with Gasteiger partial charge in [0.1, 0.15) is 6.04 Å². The third kappa shape index (κ3) is 5.15. The van der Waals surface area contributed by atoms with Gasteiger partial charge in [-0.2, -0.15) is 13.2 Å². The minimum atomic E-state index is -4.59. The topological polar surface area (TPSA) is 53.4 Å². The highest BCUT2D eigenvalue weighted by Gasteiger charge is 2.43. The molecule has 0 aromatic carbocycles. The van der Waals surface area contributed by atoms with Gasteiger partial charge >= 0.3 is 12.1 Å². The molecule has 0 spiro atoms. The molecule has 0 radical (unpaired) electrons. The molecule has 0 fully saturated rings. The van der Waals surface area contributed by atoms with Gasteiger partial charge in [0.2, 0.25) is 0 Å². The van der Waals surface area contributed by atoms with Gasteiger partial charge in [0.25, 0.3) is 0 Å². The maximum atomic E-state index is 12.8. The van der Waals surface area contributed by atoms with Crippen molar-refractivity contribution in [3.63, 3.8) is 0 Å². The highest BCUT2D eigenvalue weighted by atomic mass is 79.9. The van der Waals surface area contributed by atoms with E-state index in [1.54, 1.807) is 6.07 Å². The van der Waals surface area contributed by atoms with Gasteiger partial charge in [-0.3, -0.25) is 14.7 Å². The lowest BCUT2D eigenvalue weighted by Gasteiger charge is -2.28. The molecule has 1 atom stereocenters. The molecule has 8 heteroatoms. The van der Waals surface area contributed by atoms with Crippen LogP contribution in [-0.2, 0) is 11.3 Å². The maximum Gasteiger partial charge on any atom is 0.404 e. The van der Waals surface area contributed by atoms with Gasteiger partial charge in [-0.05, 0) is 34.6 Å². The SMILES string of the molecule is CN(Cc1cncc(Br)c1)C(CC(=O)O)C(F)(F)F. The molecule has 1 aromatic rings. The average Bonchev–Trinajstić information content (AvgIpc) is 2.24. The highest BCUT2D eigenvalue weighted by molar-refractivity contribution is 9.10. The zero-order valence-corrected chi connectivity index (χ0v) is 11.6. The first kappa shape index (κ1) is 15.9. The largest absolute Gasteiger partial charge is 0.481 e. The van der Waals surface area contributed by atoms with Crippen molar-refractivity contribution in [1.29, 1.82) is 0 Å². The normalized spacial score (nSPS) is 13.6. The van der Waals surface area contributed by atoms with E-state index >= 15 is 0 Å². The Morgan fingerprint density at radius 3 is 2.63 bits per heavy atom. The third-order valence-electron chi connectivity index (χ3n) is 2.47. The van der Waals surface area contributed by atoms with E-state index in [4.69, 9.17) is 5.11 Å². The first-order valence-electron chi connectivity index (χ1n) is 5.28. The molecule has 0 bridgehead atoms. The molecule has 1 unspecified atom stereocenters. The van der Waals surface area contributed by atoms with Crippen molar-refractivity contribution in [3.8, 4) is 0 Å². The Bertz CT molecular complexity index is 454. The maximum absolute atomic E-state index is 12.8. The minimum absolute atomic E-state index is 0.0378. The Kier molecular flexibility index (Phi) is 5.30. The number of halogens is 4. The second-order valence-corrected chi connectivity index (χ2v) is 5.00. The van der Waals surface area contributed by atoms with Crippen molar-refractivity contribution in [1.82, 2.24) is 9.88 Å². The summed E-state index contributed by atoms with van der Waals surface area (Å²) in [5.74, 6) is -1.48. The lowest BCUT2D eigenvalue weighted by Crippen LogP contribution is -2.44. The van der Waals surface area contributed by atoms with E-state index in [1.165, 1.54) is 19.4 Å². The zero-order chi connectivity index (χ0) is 14.6. The summed E-state index contributed by atoms with van der Waals surface area (Å²) in [5, 5.41) is 8.56. The van der Waals surface area contributed by atoms with Gasteiger partial charge in [0.15, 0.2) is 0 Å². The fourth-order valence-electron chi connectivity index (χ4n) is 1.63. The number of aromatic nitrogens is 1. The van der Waals surface area contributed by atoms with Crippen molar-refractivity contribution in [2.75, 3.05) is 7.05 Å². The highest BCUT2D eigenvalue weighted by Crippen LogP contribution is 2.27. The molecule has 4 nitrogen and oxygen atoms in total. The molecule has 0 aliphatic heterocycles. The van der Waals surface area contributed by atoms with Crippen LogP contribution in [0.2, 0.25) is 0 Å². The fraction of sp³-hybridized carbons (Fsp3) is 0.455. The number of rotatable bonds is 5. The number of alkyl halides is 3. The summed E-state index contributed by atoms with van der Waals surface area (Å²) in [7, 11) is 1.24. The van der Waals surface area contributed by atoms with Crippen LogP contribution in [-0.4, -0.2) is 40.2 Å². The summed E-state index contributed by atoms with van der Waals surface area (Å²) in [6, 6.07) is -0.387. The van der Waals surface area contributed by atoms with Crippen LogP contribution in [0.4, 0.5) is 13.2 Å². The summed E-state index contributed by atoms with van der Waals surface area (Å²) in [4.78, 5) is 15.3. The van der Waals surface area contributed by atoms with Gasteiger partial charge in [-0.25, -0.2) is 0 Å². The van der Waals surface area contributed by atoms with Crippen LogP contribution in [0.25, 0.3) is 0 Å². The summed E-state index contributed by atoms with van der Waals surface area (Å²) in [5.41, 5.74) is 0.566. The van der Waals surface area contributed by atoms with Gasteiger partial charge in [-0.15, -0.1) is 0 Å². The van der Waals surface area contributed by atoms with Crippen LogP contribution < -0.4 is 0 Å². The van der Waals surface area contributed by atoms with Crippen molar-refractivity contribution in [2.45, 2.75) is 25.2 Å². The number of carboxylic acid groups (broad SMARTS) is 1. The third-order valence-corrected chi connectivity index (χ3v) is 2.91. The number of carbonyl (C=O) groups is 1. The van der Waals surface area contributed by atoms with E-state index in [-0.39, 0.29) is 6.54 Å². The van der Waals surface area contributed by atoms with Crippen LogP contribution in [0.1, 0.15) is 12.0 Å². The smallest absolute Gasteiger partial charge is 0.404 e. The first-order chi connectivity index (χ1) is 8.70. The average molecular weight is 341 g/mol. The van der Waals surface area contributed by atoms with E-state index in [1.807, 2.05) is 0 Å². The van der Waals surface area contributed by atoms with Crippen LogP contribution in [0.15, 0.2) is 22.9 Å². The molecular formula is C11H12BrF3N2O2. The molecule has 1 N–H and O–H groups in total. The second-order valence-electron chi connectivity index (χ2n) is 4.08. The number of hydrogen-bond acceptors (Lipinski definition) is 3. The molecule has 1 rings (SSSR count). The van der Waals surface area contributed by atoms with Crippen LogP contribution in [0, 0.1) is 0 Å². The van der Waals surface area contributed by atoms with Crippen molar-refractivity contribution in [2.24, 2.45) is 0 Å². The standard InChI is InChI=1S/C11H12BrF3N2O2/c1-17(6-7-2-8(12)5-16-4-7)9(3-10(18)19)11(13,14)15/h2,4-5,9H,3,6H2,1H3,(H,18,19). The molecule has 1 heterocycles. The molecule has 0 aliphatic carbocycles. The summed E-state index contributed by atoms with van der Waals surface area (Å²) >= 11 is 3.17. The Labute approximate surface area is 116 Å². The lowest BCUT2D eigenvalue weighted by atomic mass is 10.1. The van der Waals surface area contributed by atoms with Gasteiger partial charge in [0, 0.05) is 23.4 Å². The van der Waals surface area contributed by atoms with E-state index in [2.05, 4.69) is 20.9 Å². The number of carboxylic acids is 1. The zero-order valence-electron chi connectivity index (χ0n) is 9.99. The summed E-state index contributed by atoms with van der Waals surface area (Å²) < 4.78 is 39.0. The minimum Gasteiger partial charge on any atom is -0.481 e. The number of pyridine rings is 1. The quantitative estimate of drug-likeness (QED) is 0.895. The second kappa shape index (κ2) is 6.33. The van der Waals surface area contributed by atoms with Gasteiger partial charge < -0.3 is 5.11 Å². The number of nitrogens with zero attached hydrogens (tertiary/aromatic N) is 2. The monoisotopic (exact) mass is 340 g/mol. The van der Waals surface area contributed by atoms with Crippen molar-refractivity contribution in [3.05, 3.63) is 28.5 Å². The van der Waals surface area contributed by atoms with Crippen LogP contribution in [0.5, 0.6) is 0 Å². The molecule has 106 valence electrons. The molecule has 19 heavy (non-hydrogen) atoms. The lowest BCUT2D eigenvalue weighted by molar-refractivity contribution is -0.188. The predicted molar refractivity (Wildman–Crippen MR) is 65.5 cm³/mol. The number of hydrogen-bond donors (Lipinski definition) is 1. The van der Waals surface area contributed by atoms with Crippen LogP contribution in [0.3, 0.4) is 0 Å². The first-order valence-corrected chi connectivity index (χ1v) is 6.07. The summed E-state index contributed by atoms with van der Waals surface area (Å²) in [6.07, 6.45) is -2.62. The fourth-order valence-corrected chi connectivity index (χ4v) is 2.04. The Balaban J connectivity index is 2.82. The summed E-state index contributed by atoms with van der Waals surface area (Å²) in [6.45, 7) is -0.0378. The molecule has 0 amide bonds. The van der Waals surface area contributed by atoms with E-state index in [0.29, 0.717) is 10.0 Å². The van der Waals surface area contributed by atoms with Gasteiger partial charge in [-0.1, -0.05) is 0 Å². The van der Waals surface area contributed by atoms with Crippen molar-refractivity contribution < 1.29 is 23.1 Å². The molecule has 1 aromatic heterocycles. The molecular weight excluding hydrogens is 329 g/mol. The Morgan fingerprint density at radius 2 is 2.16 bits per heavy atom. The van der Waals surface area contributed by atoms with Crippen molar-refractivity contribution >= 4 is 21.9 Å². The molecule has 0 saturated heterocycles. The Hall–Kier alpha value is -1.15. The molecule has 0 saturated carbocycles. The predicted octanol–water partition coefficient (Wildman–Crippen LogP) is 2.68. The molecule has 0 aliphatic rings. The van der Waals surface area contributed by atoms with E-state index in [9.17, 15) is 18.0 Å². The van der Waals surface area contributed by atoms with Crippen LogP contribution >= 0.6 is 15.9 Å². The number of aliphatic carboxylic acids is 1. The Morgan fingerprint density at radius 1 is 1.53 bits per heavy atom. The van der Waals surface area contributed by atoms with E-state index < -0.39 is 24.6 Å².